The van der Waals surface area contributed by atoms with Crippen molar-refractivity contribution >= 4 is 10.0 Å². The highest BCUT2D eigenvalue weighted by Crippen LogP contribution is 2.26. The summed E-state index contributed by atoms with van der Waals surface area (Å²) in [6, 6.07) is 0.00346. The molecular weight excluding hydrogens is 290 g/mol. The molecule has 2 atom stereocenters. The molecular formula is C14H25N3O3S. The van der Waals surface area contributed by atoms with E-state index in [2.05, 4.69) is 16.7 Å². The Morgan fingerprint density at radius 2 is 2.00 bits per heavy atom. The third-order valence-corrected chi connectivity index (χ3v) is 6.05. The van der Waals surface area contributed by atoms with E-state index in [0.29, 0.717) is 23.9 Å². The molecule has 1 saturated carbocycles. The highest BCUT2D eigenvalue weighted by Gasteiger charge is 2.30. The highest BCUT2D eigenvalue weighted by molar-refractivity contribution is 7.89. The Kier molecular flexibility index (Phi) is 5.06. The molecule has 1 heterocycles. The van der Waals surface area contributed by atoms with Gasteiger partial charge in [-0.15, -0.1) is 0 Å². The van der Waals surface area contributed by atoms with Crippen molar-refractivity contribution < 1.29 is 13.5 Å². The molecule has 120 valence electrons. The van der Waals surface area contributed by atoms with E-state index in [0.717, 1.165) is 19.3 Å². The number of sulfonamides is 1. The van der Waals surface area contributed by atoms with Gasteiger partial charge in [-0.1, -0.05) is 19.8 Å². The second-order valence-electron chi connectivity index (χ2n) is 5.94. The normalized spacial score (nSPS) is 23.4. The van der Waals surface area contributed by atoms with Crippen LogP contribution in [0.4, 0.5) is 0 Å². The standard InChI is InChI=1S/C14H25N3O3S/c1-10-6-4-5-7-13(10)16-21(19,20)14-11(2)15-17(8-9-18)12(14)3/h10,13,16,18H,4-9H2,1-3H3. The van der Waals surface area contributed by atoms with Crippen LogP contribution in [0.25, 0.3) is 0 Å². The lowest BCUT2D eigenvalue weighted by Gasteiger charge is -2.29. The topological polar surface area (TPSA) is 84.2 Å². The van der Waals surface area contributed by atoms with Gasteiger partial charge in [0.25, 0.3) is 0 Å². The molecule has 0 spiro atoms. The van der Waals surface area contributed by atoms with E-state index >= 15 is 0 Å². The minimum absolute atomic E-state index is 0.00346. The Morgan fingerprint density at radius 3 is 2.62 bits per heavy atom. The van der Waals surface area contributed by atoms with E-state index in [1.165, 1.54) is 6.42 Å². The average molecular weight is 315 g/mol. The van der Waals surface area contributed by atoms with Crippen molar-refractivity contribution in [1.29, 1.82) is 0 Å². The predicted molar refractivity (Wildman–Crippen MR) is 80.5 cm³/mol. The van der Waals surface area contributed by atoms with E-state index < -0.39 is 10.0 Å². The Labute approximate surface area is 126 Å². The molecule has 7 heteroatoms. The van der Waals surface area contributed by atoms with E-state index in [1.54, 1.807) is 18.5 Å². The number of nitrogens with one attached hydrogen (secondary N) is 1. The van der Waals surface area contributed by atoms with Gasteiger partial charge in [0.05, 0.1) is 24.5 Å². The maximum absolute atomic E-state index is 12.7. The summed E-state index contributed by atoms with van der Waals surface area (Å²) in [6.45, 7) is 5.77. The minimum atomic E-state index is -3.57. The zero-order chi connectivity index (χ0) is 15.6. The number of nitrogens with zero attached hydrogens (tertiary/aromatic N) is 2. The first kappa shape index (κ1) is 16.5. The fraction of sp³-hybridized carbons (Fsp3) is 0.786. The van der Waals surface area contributed by atoms with Gasteiger partial charge in [-0.3, -0.25) is 4.68 Å². The van der Waals surface area contributed by atoms with Crippen LogP contribution in [0.3, 0.4) is 0 Å². The Balaban J connectivity index is 2.27. The van der Waals surface area contributed by atoms with Gasteiger partial charge in [-0.05, 0) is 32.6 Å². The van der Waals surface area contributed by atoms with Crippen LogP contribution in [-0.2, 0) is 16.6 Å². The van der Waals surface area contributed by atoms with Crippen LogP contribution < -0.4 is 4.72 Å². The molecule has 1 aliphatic rings. The van der Waals surface area contributed by atoms with E-state index in [4.69, 9.17) is 5.11 Å². The quantitative estimate of drug-likeness (QED) is 0.859. The van der Waals surface area contributed by atoms with Gasteiger partial charge in [0, 0.05) is 6.04 Å². The number of aliphatic hydroxyl groups excluding tert-OH is 1. The van der Waals surface area contributed by atoms with Crippen LogP contribution in [0, 0.1) is 19.8 Å². The van der Waals surface area contributed by atoms with Gasteiger partial charge in [0.1, 0.15) is 4.90 Å². The Hall–Kier alpha value is -0.920. The summed E-state index contributed by atoms with van der Waals surface area (Å²) in [6.07, 6.45) is 4.20. The Bertz CT molecular complexity index is 595. The molecule has 21 heavy (non-hydrogen) atoms. The molecule has 2 unspecified atom stereocenters. The van der Waals surface area contributed by atoms with E-state index in [1.807, 2.05) is 0 Å². The second kappa shape index (κ2) is 6.46. The van der Waals surface area contributed by atoms with Crippen LogP contribution in [0.1, 0.15) is 44.0 Å². The number of aliphatic hydroxyl groups is 1. The number of rotatable bonds is 5. The lowest BCUT2D eigenvalue weighted by Crippen LogP contribution is -2.41. The SMILES string of the molecule is Cc1nn(CCO)c(C)c1S(=O)(=O)NC1CCCCC1C. The summed E-state index contributed by atoms with van der Waals surface area (Å²) in [5.74, 6) is 0.363. The predicted octanol–water partition coefficient (Wildman–Crippen LogP) is 1.35. The van der Waals surface area contributed by atoms with Crippen LogP contribution in [0.2, 0.25) is 0 Å². The molecule has 0 bridgehead atoms. The summed E-state index contributed by atoms with van der Waals surface area (Å²) in [5, 5.41) is 13.2. The molecule has 2 rings (SSSR count). The average Bonchev–Trinajstić information content (AvgIpc) is 2.68. The minimum Gasteiger partial charge on any atom is -0.394 e. The van der Waals surface area contributed by atoms with E-state index in [9.17, 15) is 8.42 Å². The van der Waals surface area contributed by atoms with Gasteiger partial charge >= 0.3 is 0 Å². The lowest BCUT2D eigenvalue weighted by molar-refractivity contribution is 0.267. The van der Waals surface area contributed by atoms with Gasteiger partial charge in [-0.2, -0.15) is 5.10 Å². The molecule has 0 aliphatic heterocycles. The maximum atomic E-state index is 12.7. The Morgan fingerprint density at radius 1 is 1.33 bits per heavy atom. The second-order valence-corrected chi connectivity index (χ2v) is 7.59. The molecule has 6 nitrogen and oxygen atoms in total. The number of hydrogen-bond donors (Lipinski definition) is 2. The zero-order valence-electron chi connectivity index (χ0n) is 13.0. The first-order chi connectivity index (χ1) is 9.86. The van der Waals surface area contributed by atoms with Crippen molar-refractivity contribution in [3.8, 4) is 0 Å². The van der Waals surface area contributed by atoms with Crippen LogP contribution in [0.5, 0.6) is 0 Å². The molecule has 0 amide bonds. The van der Waals surface area contributed by atoms with Crippen molar-refractivity contribution in [3.05, 3.63) is 11.4 Å². The largest absolute Gasteiger partial charge is 0.394 e. The molecule has 1 fully saturated rings. The van der Waals surface area contributed by atoms with E-state index in [-0.39, 0.29) is 17.5 Å². The van der Waals surface area contributed by atoms with Crippen LogP contribution in [0.15, 0.2) is 4.90 Å². The molecule has 0 saturated heterocycles. The summed E-state index contributed by atoms with van der Waals surface area (Å²) < 4.78 is 29.8. The van der Waals surface area contributed by atoms with Gasteiger partial charge in [0.2, 0.25) is 10.0 Å². The monoisotopic (exact) mass is 315 g/mol. The first-order valence-electron chi connectivity index (χ1n) is 7.54. The van der Waals surface area contributed by atoms with Crippen molar-refractivity contribution in [2.45, 2.75) is 63.9 Å². The number of aromatic nitrogens is 2. The van der Waals surface area contributed by atoms with Crippen molar-refractivity contribution in [2.24, 2.45) is 5.92 Å². The summed E-state index contributed by atoms with van der Waals surface area (Å²) in [7, 11) is -3.57. The first-order valence-corrected chi connectivity index (χ1v) is 9.02. The third-order valence-electron chi connectivity index (χ3n) is 4.31. The number of hydrogen-bond acceptors (Lipinski definition) is 4. The zero-order valence-corrected chi connectivity index (χ0v) is 13.8. The highest BCUT2D eigenvalue weighted by atomic mass is 32.2. The van der Waals surface area contributed by atoms with Gasteiger partial charge in [0.15, 0.2) is 0 Å². The van der Waals surface area contributed by atoms with Crippen LogP contribution in [-0.4, -0.2) is 36.0 Å². The van der Waals surface area contributed by atoms with Crippen molar-refractivity contribution in [1.82, 2.24) is 14.5 Å². The third kappa shape index (κ3) is 3.46. The number of aryl methyl sites for hydroxylation is 1. The smallest absolute Gasteiger partial charge is 0.244 e. The summed E-state index contributed by atoms with van der Waals surface area (Å²) in [5.41, 5.74) is 1.06. The summed E-state index contributed by atoms with van der Waals surface area (Å²) >= 11 is 0. The van der Waals surface area contributed by atoms with Gasteiger partial charge in [-0.25, -0.2) is 13.1 Å². The fourth-order valence-electron chi connectivity index (χ4n) is 3.13. The summed E-state index contributed by atoms with van der Waals surface area (Å²) in [4.78, 5) is 0.258. The van der Waals surface area contributed by atoms with Crippen LogP contribution >= 0.6 is 0 Å². The van der Waals surface area contributed by atoms with Crippen molar-refractivity contribution in [2.75, 3.05) is 6.61 Å². The maximum Gasteiger partial charge on any atom is 0.244 e. The van der Waals surface area contributed by atoms with Crippen molar-refractivity contribution in [3.63, 3.8) is 0 Å². The molecule has 1 aliphatic carbocycles. The fourth-order valence-corrected chi connectivity index (χ4v) is 4.92. The molecule has 1 aromatic rings. The molecule has 1 aromatic heterocycles. The molecule has 2 N–H and O–H groups in total. The lowest BCUT2D eigenvalue weighted by atomic mass is 9.87. The van der Waals surface area contributed by atoms with Gasteiger partial charge < -0.3 is 5.11 Å². The molecule has 0 aromatic carbocycles. The molecule has 0 radical (unpaired) electrons.